The van der Waals surface area contributed by atoms with E-state index in [1.165, 1.54) is 6.07 Å². The molecule has 6 rings (SSSR count). The van der Waals surface area contributed by atoms with Crippen LogP contribution in [0.25, 0.3) is 0 Å². The number of rotatable bonds is 1. The molecule has 4 aliphatic rings. The van der Waals surface area contributed by atoms with Crippen LogP contribution in [0, 0.1) is 18.8 Å². The van der Waals surface area contributed by atoms with Gasteiger partial charge in [-0.05, 0) is 56.1 Å². The fourth-order valence-corrected chi connectivity index (χ4v) is 6.98. The van der Waals surface area contributed by atoms with Gasteiger partial charge in [0.15, 0.2) is 0 Å². The normalized spacial score (nSPS) is 30.8. The Balaban J connectivity index is 1.59. The van der Waals surface area contributed by atoms with E-state index in [1.54, 1.807) is 18.2 Å². The van der Waals surface area contributed by atoms with E-state index in [0.717, 1.165) is 23.3 Å². The van der Waals surface area contributed by atoms with Crippen LogP contribution in [-0.4, -0.2) is 35.2 Å². The van der Waals surface area contributed by atoms with Crippen LogP contribution in [0.2, 0.25) is 15.1 Å². The van der Waals surface area contributed by atoms with Gasteiger partial charge in [-0.25, -0.2) is 4.90 Å². The number of fused-ring (bicyclic) bond motifs is 7. The zero-order valence-corrected chi connectivity index (χ0v) is 19.3. The first-order valence-electron chi connectivity index (χ1n) is 10.5. The van der Waals surface area contributed by atoms with E-state index in [1.807, 2.05) is 13.0 Å². The number of nitrogens with zero attached hydrogens (tertiary/aromatic N) is 2. The van der Waals surface area contributed by atoms with E-state index in [4.69, 9.17) is 34.8 Å². The minimum Gasteiger partial charge on any atom is -0.323 e. The van der Waals surface area contributed by atoms with Gasteiger partial charge in [-0.1, -0.05) is 40.9 Å². The molecule has 0 unspecified atom stereocenters. The minimum atomic E-state index is -1.27. The molecule has 1 spiro atoms. The number of benzene rings is 2. The average Bonchev–Trinajstić information content (AvgIpc) is 3.43. The number of hydrogen-bond donors (Lipinski definition) is 1. The Morgan fingerprint density at radius 3 is 2.59 bits per heavy atom. The molecule has 32 heavy (non-hydrogen) atoms. The summed E-state index contributed by atoms with van der Waals surface area (Å²) in [6.07, 6.45) is 1.58. The van der Waals surface area contributed by atoms with E-state index in [-0.39, 0.29) is 28.6 Å². The van der Waals surface area contributed by atoms with Gasteiger partial charge in [0.25, 0.3) is 5.91 Å². The molecule has 0 radical (unpaired) electrons. The Hall–Kier alpha value is -2.12. The maximum Gasteiger partial charge on any atom is 0.250 e. The standard InChI is InChI=1S/C23H18Cl3N3O3/c1-10-7-12-19(14(26)8-10)27-22(32)23(12)18-17(15-3-2-6-28(15)23)20(30)29(21(18)31)16-9-11(24)4-5-13(16)25/h4-5,7-9,15,17-18H,2-3,6H2,1H3,(H,27,32)/t15-,17-,18-,23+/m0/s1. The van der Waals surface area contributed by atoms with E-state index < -0.39 is 23.3 Å². The number of imide groups is 1. The summed E-state index contributed by atoms with van der Waals surface area (Å²) in [5.41, 5.74) is 1.06. The molecule has 2 aromatic carbocycles. The predicted molar refractivity (Wildman–Crippen MR) is 122 cm³/mol. The van der Waals surface area contributed by atoms with Crippen molar-refractivity contribution < 1.29 is 14.4 Å². The van der Waals surface area contributed by atoms with Gasteiger partial charge < -0.3 is 5.32 Å². The van der Waals surface area contributed by atoms with Crippen LogP contribution in [0.3, 0.4) is 0 Å². The van der Waals surface area contributed by atoms with Crippen LogP contribution < -0.4 is 10.2 Å². The van der Waals surface area contributed by atoms with Gasteiger partial charge in [-0.15, -0.1) is 0 Å². The molecule has 4 heterocycles. The van der Waals surface area contributed by atoms with Crippen molar-refractivity contribution in [2.45, 2.75) is 31.3 Å². The highest BCUT2D eigenvalue weighted by atomic mass is 35.5. The summed E-state index contributed by atoms with van der Waals surface area (Å²) in [7, 11) is 0. The Kier molecular flexibility index (Phi) is 4.29. The summed E-state index contributed by atoms with van der Waals surface area (Å²) in [5, 5.41) is 3.97. The second kappa shape index (κ2) is 6.70. The van der Waals surface area contributed by atoms with Crippen LogP contribution >= 0.6 is 34.8 Å². The van der Waals surface area contributed by atoms with E-state index in [9.17, 15) is 14.4 Å². The SMILES string of the molecule is Cc1cc(Cl)c2c(c1)[C@]1(C(=O)N2)[C@@H]2C(=O)N(c3cc(Cl)ccc3Cl)C(=O)[C@H]2[C@@H]2CCCN21. The summed E-state index contributed by atoms with van der Waals surface area (Å²) in [4.78, 5) is 44.5. The van der Waals surface area contributed by atoms with Gasteiger partial charge in [-0.3, -0.25) is 19.3 Å². The summed E-state index contributed by atoms with van der Waals surface area (Å²) < 4.78 is 0. The largest absolute Gasteiger partial charge is 0.323 e. The first-order chi connectivity index (χ1) is 15.3. The monoisotopic (exact) mass is 489 g/mol. The van der Waals surface area contributed by atoms with E-state index in [0.29, 0.717) is 27.8 Å². The molecule has 0 saturated carbocycles. The van der Waals surface area contributed by atoms with Crippen molar-refractivity contribution in [1.29, 1.82) is 0 Å². The molecular weight excluding hydrogens is 473 g/mol. The molecule has 0 aromatic heterocycles. The Labute approximate surface area is 199 Å². The van der Waals surface area contributed by atoms with Crippen molar-refractivity contribution in [2.75, 3.05) is 16.8 Å². The van der Waals surface area contributed by atoms with Gasteiger partial charge in [-0.2, -0.15) is 0 Å². The number of carbonyl (C=O) groups excluding carboxylic acids is 3. The molecule has 9 heteroatoms. The highest BCUT2D eigenvalue weighted by Gasteiger charge is 2.74. The Bertz CT molecular complexity index is 1250. The first kappa shape index (κ1) is 20.5. The fourth-order valence-electron chi connectivity index (χ4n) is 6.29. The molecule has 2 aromatic rings. The fraction of sp³-hybridized carbons (Fsp3) is 0.348. The molecule has 4 atom stereocenters. The van der Waals surface area contributed by atoms with E-state index >= 15 is 0 Å². The van der Waals surface area contributed by atoms with Crippen LogP contribution in [0.4, 0.5) is 11.4 Å². The van der Waals surface area contributed by atoms with Crippen LogP contribution in [-0.2, 0) is 19.9 Å². The maximum atomic E-state index is 13.9. The highest BCUT2D eigenvalue weighted by Crippen LogP contribution is 2.61. The van der Waals surface area contributed by atoms with Crippen LogP contribution in [0.5, 0.6) is 0 Å². The van der Waals surface area contributed by atoms with Crippen molar-refractivity contribution in [3.63, 3.8) is 0 Å². The highest BCUT2D eigenvalue weighted by molar-refractivity contribution is 6.38. The lowest BCUT2D eigenvalue weighted by molar-refractivity contribution is -0.135. The average molecular weight is 491 g/mol. The third-order valence-electron chi connectivity index (χ3n) is 7.35. The molecule has 6 nitrogen and oxygen atoms in total. The second-order valence-electron chi connectivity index (χ2n) is 8.90. The molecule has 3 amide bonds. The second-order valence-corrected chi connectivity index (χ2v) is 10.2. The minimum absolute atomic E-state index is 0.213. The zero-order chi connectivity index (χ0) is 22.5. The molecule has 3 fully saturated rings. The van der Waals surface area contributed by atoms with Gasteiger partial charge >= 0.3 is 0 Å². The number of aryl methyl sites for hydroxylation is 1. The third-order valence-corrected chi connectivity index (χ3v) is 8.20. The van der Waals surface area contributed by atoms with E-state index in [2.05, 4.69) is 10.2 Å². The smallest absolute Gasteiger partial charge is 0.250 e. The summed E-state index contributed by atoms with van der Waals surface area (Å²) in [6, 6.07) is 8.16. The number of carbonyl (C=O) groups is 3. The number of halogens is 3. The summed E-state index contributed by atoms with van der Waals surface area (Å²) >= 11 is 19.0. The Morgan fingerprint density at radius 2 is 1.81 bits per heavy atom. The van der Waals surface area contributed by atoms with Crippen molar-refractivity contribution in [3.8, 4) is 0 Å². The van der Waals surface area contributed by atoms with Crippen molar-refractivity contribution in [2.24, 2.45) is 11.8 Å². The third kappa shape index (κ3) is 2.34. The van der Waals surface area contributed by atoms with Gasteiger partial charge in [0.05, 0.1) is 33.3 Å². The number of amides is 3. The molecule has 3 saturated heterocycles. The van der Waals surface area contributed by atoms with Gasteiger partial charge in [0, 0.05) is 16.6 Å². The van der Waals surface area contributed by atoms with Crippen molar-refractivity contribution in [1.82, 2.24) is 4.90 Å². The number of nitrogens with one attached hydrogen (secondary N) is 1. The van der Waals surface area contributed by atoms with Gasteiger partial charge in [0.1, 0.15) is 5.54 Å². The topological polar surface area (TPSA) is 69.7 Å². The van der Waals surface area contributed by atoms with Crippen molar-refractivity contribution in [3.05, 3.63) is 56.5 Å². The number of hydrogen-bond acceptors (Lipinski definition) is 4. The van der Waals surface area contributed by atoms with Crippen LogP contribution in [0.1, 0.15) is 24.0 Å². The lowest BCUT2D eigenvalue weighted by atomic mass is 9.75. The maximum absolute atomic E-state index is 13.9. The molecule has 0 aliphatic carbocycles. The summed E-state index contributed by atoms with van der Waals surface area (Å²) in [6.45, 7) is 2.53. The lowest BCUT2D eigenvalue weighted by Gasteiger charge is -2.36. The molecular formula is C23H18Cl3N3O3. The van der Waals surface area contributed by atoms with Crippen molar-refractivity contribution >= 4 is 63.9 Å². The Morgan fingerprint density at radius 1 is 1.03 bits per heavy atom. The zero-order valence-electron chi connectivity index (χ0n) is 17.0. The predicted octanol–water partition coefficient (Wildman–Crippen LogP) is 4.39. The summed E-state index contributed by atoms with van der Waals surface area (Å²) in [5.74, 6) is -2.58. The molecule has 164 valence electrons. The first-order valence-corrected chi connectivity index (χ1v) is 11.6. The lowest BCUT2D eigenvalue weighted by Crippen LogP contribution is -2.54. The van der Waals surface area contributed by atoms with Crippen LogP contribution in [0.15, 0.2) is 30.3 Å². The number of anilines is 2. The quantitative estimate of drug-likeness (QED) is 0.602. The molecule has 4 aliphatic heterocycles. The molecule has 1 N–H and O–H groups in total. The molecule has 0 bridgehead atoms. The van der Waals surface area contributed by atoms with Gasteiger partial charge in [0.2, 0.25) is 11.8 Å².